The molecular formula is C18H22N4O2. The highest BCUT2D eigenvalue weighted by atomic mass is 16.2. The smallest absolute Gasteiger partial charge is 0.275 e. The van der Waals surface area contributed by atoms with E-state index in [1.54, 1.807) is 0 Å². The molecule has 4 rings (SSSR count). The fourth-order valence-corrected chi connectivity index (χ4v) is 4.15. The first-order valence-corrected chi connectivity index (χ1v) is 8.63. The average Bonchev–Trinajstić information content (AvgIpc) is 2.98. The Morgan fingerprint density at radius 1 is 1.29 bits per heavy atom. The van der Waals surface area contributed by atoms with E-state index < -0.39 is 0 Å². The van der Waals surface area contributed by atoms with Crippen molar-refractivity contribution < 1.29 is 9.59 Å². The molecule has 1 aromatic carbocycles. The molecule has 2 atom stereocenters. The van der Waals surface area contributed by atoms with Gasteiger partial charge in [-0.3, -0.25) is 14.7 Å². The number of para-hydroxylation sites is 1. The van der Waals surface area contributed by atoms with Crippen LogP contribution in [-0.4, -0.2) is 58.0 Å². The monoisotopic (exact) mass is 326 g/mol. The van der Waals surface area contributed by atoms with Gasteiger partial charge in [0, 0.05) is 38.0 Å². The Balaban J connectivity index is 1.56. The summed E-state index contributed by atoms with van der Waals surface area (Å²) in [7, 11) is 1.91. The molecule has 0 radical (unpaired) electrons. The van der Waals surface area contributed by atoms with E-state index in [9.17, 15) is 9.59 Å². The molecule has 0 aliphatic carbocycles. The molecule has 2 saturated heterocycles. The summed E-state index contributed by atoms with van der Waals surface area (Å²) in [4.78, 5) is 28.8. The van der Waals surface area contributed by atoms with E-state index in [0.717, 1.165) is 30.2 Å². The molecule has 2 aromatic rings. The number of H-pyrrole nitrogens is 1. The summed E-state index contributed by atoms with van der Waals surface area (Å²) in [6.07, 6.45) is 3.39. The van der Waals surface area contributed by atoms with Gasteiger partial charge in [-0.25, -0.2) is 0 Å². The van der Waals surface area contributed by atoms with E-state index in [4.69, 9.17) is 0 Å². The Bertz CT molecular complexity index is 784. The second kappa shape index (κ2) is 5.92. The fraction of sp³-hybridized carbons (Fsp3) is 0.500. The lowest BCUT2D eigenvalue weighted by Gasteiger charge is -2.41. The summed E-state index contributed by atoms with van der Waals surface area (Å²) in [6.45, 7) is 1.39. The van der Waals surface area contributed by atoms with Crippen LogP contribution >= 0.6 is 0 Å². The highest BCUT2D eigenvalue weighted by Gasteiger charge is 2.37. The molecule has 0 bridgehead atoms. The molecule has 1 aromatic heterocycles. The van der Waals surface area contributed by atoms with Crippen molar-refractivity contribution in [1.29, 1.82) is 0 Å². The highest BCUT2D eigenvalue weighted by molar-refractivity contribution is 6.04. The lowest BCUT2D eigenvalue weighted by Crippen LogP contribution is -2.51. The number of likely N-dealkylation sites (tertiary alicyclic amines) is 2. The van der Waals surface area contributed by atoms with E-state index in [1.165, 1.54) is 0 Å². The number of rotatable bonds is 1. The van der Waals surface area contributed by atoms with Gasteiger partial charge in [0.25, 0.3) is 5.91 Å². The number of fused-ring (bicyclic) bond motifs is 2. The number of aromatic amines is 1. The standard InChI is InChI=1S/C18H22N4O2/c1-21-15-9-10-22(11-12(15)5-4-8-16(21)23)18(24)17-13-6-2-3-7-14(13)19-20-17/h2-3,6-7,12,15H,4-5,8-11H2,1H3,(H,19,20)/t12-,15+/m0/s1. The highest BCUT2D eigenvalue weighted by Crippen LogP contribution is 2.30. The first kappa shape index (κ1) is 15.2. The summed E-state index contributed by atoms with van der Waals surface area (Å²) in [6, 6.07) is 7.97. The van der Waals surface area contributed by atoms with Gasteiger partial charge >= 0.3 is 0 Å². The largest absolute Gasteiger partial charge is 0.342 e. The summed E-state index contributed by atoms with van der Waals surface area (Å²) in [5, 5.41) is 8.05. The zero-order valence-corrected chi connectivity index (χ0v) is 13.9. The molecule has 6 heteroatoms. The zero-order chi connectivity index (χ0) is 16.7. The third kappa shape index (κ3) is 2.46. The number of carbonyl (C=O) groups is 2. The van der Waals surface area contributed by atoms with Crippen molar-refractivity contribution >= 4 is 22.7 Å². The molecule has 0 unspecified atom stereocenters. The molecule has 126 valence electrons. The first-order valence-electron chi connectivity index (χ1n) is 8.63. The van der Waals surface area contributed by atoms with Crippen LogP contribution in [0, 0.1) is 5.92 Å². The second-order valence-electron chi connectivity index (χ2n) is 6.88. The van der Waals surface area contributed by atoms with Crippen molar-refractivity contribution in [2.75, 3.05) is 20.1 Å². The van der Waals surface area contributed by atoms with E-state index in [-0.39, 0.29) is 17.9 Å². The maximum Gasteiger partial charge on any atom is 0.275 e. The Hall–Kier alpha value is -2.37. The van der Waals surface area contributed by atoms with E-state index >= 15 is 0 Å². The van der Waals surface area contributed by atoms with Crippen LogP contribution < -0.4 is 0 Å². The van der Waals surface area contributed by atoms with Gasteiger partial charge in [0.2, 0.25) is 5.91 Å². The van der Waals surface area contributed by atoms with Crippen LogP contribution in [0.5, 0.6) is 0 Å². The molecular weight excluding hydrogens is 304 g/mol. The molecule has 6 nitrogen and oxygen atoms in total. The molecule has 0 saturated carbocycles. The third-order valence-corrected chi connectivity index (χ3v) is 5.51. The van der Waals surface area contributed by atoms with Gasteiger partial charge in [-0.1, -0.05) is 18.2 Å². The minimum atomic E-state index is -0.0101. The number of piperidine rings is 1. The van der Waals surface area contributed by atoms with Crippen LogP contribution in [0.15, 0.2) is 24.3 Å². The molecule has 3 heterocycles. The maximum atomic E-state index is 12.9. The van der Waals surface area contributed by atoms with Crippen molar-refractivity contribution in [3.63, 3.8) is 0 Å². The van der Waals surface area contributed by atoms with E-state index in [0.29, 0.717) is 31.1 Å². The summed E-state index contributed by atoms with van der Waals surface area (Å²) < 4.78 is 0. The molecule has 1 N–H and O–H groups in total. The molecule has 0 spiro atoms. The third-order valence-electron chi connectivity index (χ3n) is 5.51. The molecule has 2 aliphatic heterocycles. The maximum absolute atomic E-state index is 12.9. The molecule has 2 aliphatic rings. The number of nitrogens with zero attached hydrogens (tertiary/aromatic N) is 3. The van der Waals surface area contributed by atoms with Crippen molar-refractivity contribution in [3.05, 3.63) is 30.0 Å². The predicted octanol–water partition coefficient (Wildman–Crippen LogP) is 2.04. The Morgan fingerprint density at radius 2 is 2.12 bits per heavy atom. The topological polar surface area (TPSA) is 69.3 Å². The van der Waals surface area contributed by atoms with E-state index in [2.05, 4.69) is 10.2 Å². The summed E-state index contributed by atoms with van der Waals surface area (Å²) in [5.41, 5.74) is 1.39. The van der Waals surface area contributed by atoms with Crippen LogP contribution in [0.25, 0.3) is 10.9 Å². The van der Waals surface area contributed by atoms with Crippen molar-refractivity contribution in [2.24, 2.45) is 5.92 Å². The molecule has 2 fully saturated rings. The number of carbonyl (C=O) groups excluding carboxylic acids is 2. The van der Waals surface area contributed by atoms with E-state index in [1.807, 2.05) is 41.1 Å². The number of hydrogen-bond donors (Lipinski definition) is 1. The minimum absolute atomic E-state index is 0.0101. The minimum Gasteiger partial charge on any atom is -0.342 e. The average molecular weight is 326 g/mol. The number of aromatic nitrogens is 2. The first-order chi connectivity index (χ1) is 11.6. The predicted molar refractivity (Wildman–Crippen MR) is 90.5 cm³/mol. The van der Waals surface area contributed by atoms with Crippen LogP contribution in [0.2, 0.25) is 0 Å². The van der Waals surface area contributed by atoms with Crippen LogP contribution in [0.4, 0.5) is 0 Å². The molecule has 24 heavy (non-hydrogen) atoms. The van der Waals surface area contributed by atoms with Crippen molar-refractivity contribution in [3.8, 4) is 0 Å². The van der Waals surface area contributed by atoms with Gasteiger partial charge in [-0.05, 0) is 31.2 Å². The van der Waals surface area contributed by atoms with Crippen LogP contribution in [-0.2, 0) is 4.79 Å². The molecule has 2 amide bonds. The Morgan fingerprint density at radius 3 is 3.00 bits per heavy atom. The van der Waals surface area contributed by atoms with Gasteiger partial charge < -0.3 is 9.80 Å². The van der Waals surface area contributed by atoms with Gasteiger partial charge in [0.05, 0.1) is 5.52 Å². The Labute approximate surface area is 140 Å². The van der Waals surface area contributed by atoms with Crippen molar-refractivity contribution in [2.45, 2.75) is 31.7 Å². The van der Waals surface area contributed by atoms with Gasteiger partial charge in [0.1, 0.15) is 0 Å². The van der Waals surface area contributed by atoms with Gasteiger partial charge in [0.15, 0.2) is 5.69 Å². The lowest BCUT2D eigenvalue weighted by molar-refractivity contribution is -0.132. The summed E-state index contributed by atoms with van der Waals surface area (Å²) in [5.74, 6) is 0.592. The lowest BCUT2D eigenvalue weighted by atomic mass is 9.88. The zero-order valence-electron chi connectivity index (χ0n) is 13.9. The Kier molecular flexibility index (Phi) is 3.75. The normalized spacial score (nSPS) is 24.8. The SMILES string of the molecule is CN1C(=O)CCC[C@H]2CN(C(=O)c3n[nH]c4ccccc34)CC[C@H]21. The van der Waals surface area contributed by atoms with Crippen molar-refractivity contribution in [1.82, 2.24) is 20.0 Å². The van der Waals surface area contributed by atoms with Gasteiger partial charge in [-0.15, -0.1) is 0 Å². The fourth-order valence-electron chi connectivity index (χ4n) is 4.15. The number of nitrogens with one attached hydrogen (secondary N) is 1. The quantitative estimate of drug-likeness (QED) is 0.872. The van der Waals surface area contributed by atoms with Crippen LogP contribution in [0.1, 0.15) is 36.2 Å². The number of amides is 2. The van der Waals surface area contributed by atoms with Crippen LogP contribution in [0.3, 0.4) is 0 Å². The summed E-state index contributed by atoms with van der Waals surface area (Å²) >= 11 is 0. The number of benzene rings is 1. The van der Waals surface area contributed by atoms with Gasteiger partial charge in [-0.2, -0.15) is 5.10 Å². The number of hydrogen-bond acceptors (Lipinski definition) is 3. The second-order valence-corrected chi connectivity index (χ2v) is 6.88.